The summed E-state index contributed by atoms with van der Waals surface area (Å²) in [6, 6.07) is 5.34. The predicted molar refractivity (Wildman–Crippen MR) is 84.4 cm³/mol. The first-order chi connectivity index (χ1) is 9.99. The normalized spacial score (nSPS) is 10.3. The molecule has 0 aliphatic rings. The van der Waals surface area contributed by atoms with Crippen LogP contribution in [0.4, 0.5) is 5.82 Å². The van der Waals surface area contributed by atoms with Gasteiger partial charge in [0.25, 0.3) is 5.91 Å². The highest BCUT2D eigenvalue weighted by Crippen LogP contribution is 2.17. The van der Waals surface area contributed by atoms with Crippen molar-refractivity contribution < 1.29 is 4.79 Å². The Labute approximate surface area is 130 Å². The topological polar surface area (TPSA) is 69.0 Å². The summed E-state index contributed by atoms with van der Waals surface area (Å²) in [5, 5.41) is 12.1. The van der Waals surface area contributed by atoms with E-state index in [1.54, 1.807) is 17.0 Å². The smallest absolute Gasteiger partial charge is 0.254 e. The minimum Gasteiger partial charge on any atom is -0.370 e. The van der Waals surface area contributed by atoms with Crippen molar-refractivity contribution in [3.63, 3.8) is 0 Å². The van der Waals surface area contributed by atoms with E-state index in [0.717, 1.165) is 13.0 Å². The maximum Gasteiger partial charge on any atom is 0.254 e. The molecule has 6 heteroatoms. The van der Waals surface area contributed by atoms with Gasteiger partial charge in [0, 0.05) is 24.7 Å². The average molecular weight is 309 g/mol. The van der Waals surface area contributed by atoms with Crippen molar-refractivity contribution in [2.24, 2.45) is 0 Å². The standard InChI is InChI=1S/C15H21ClN4O/c1-4-7-18-14-10-12(9-13(16)19-14)15(21)20(11(2)3)8-5-6-17/h9-11H,4-5,7-8H2,1-3H3,(H,18,19). The number of hydrogen-bond acceptors (Lipinski definition) is 4. The van der Waals surface area contributed by atoms with E-state index in [9.17, 15) is 4.79 Å². The molecule has 0 radical (unpaired) electrons. The number of rotatable bonds is 7. The van der Waals surface area contributed by atoms with Crippen LogP contribution < -0.4 is 5.32 Å². The van der Waals surface area contributed by atoms with Gasteiger partial charge in [-0.2, -0.15) is 5.26 Å². The molecule has 1 heterocycles. The minimum absolute atomic E-state index is 0.0184. The molecule has 1 rings (SSSR count). The van der Waals surface area contributed by atoms with Gasteiger partial charge in [-0.3, -0.25) is 4.79 Å². The lowest BCUT2D eigenvalue weighted by Gasteiger charge is -2.26. The van der Waals surface area contributed by atoms with E-state index >= 15 is 0 Å². The second kappa shape index (κ2) is 8.48. The number of halogens is 1. The molecule has 0 aromatic carbocycles. The molecule has 1 N–H and O–H groups in total. The second-order valence-electron chi connectivity index (χ2n) is 4.99. The molecule has 0 fully saturated rings. The quantitative estimate of drug-likeness (QED) is 0.784. The van der Waals surface area contributed by atoms with E-state index in [0.29, 0.717) is 24.3 Å². The molecule has 0 spiro atoms. The third-order valence-corrected chi connectivity index (χ3v) is 3.14. The zero-order chi connectivity index (χ0) is 15.8. The zero-order valence-electron chi connectivity index (χ0n) is 12.7. The Morgan fingerprint density at radius 2 is 2.24 bits per heavy atom. The van der Waals surface area contributed by atoms with Crippen LogP contribution in [-0.2, 0) is 0 Å². The molecule has 0 saturated carbocycles. The Bertz CT molecular complexity index is 525. The van der Waals surface area contributed by atoms with Gasteiger partial charge in [-0.1, -0.05) is 18.5 Å². The number of aromatic nitrogens is 1. The highest BCUT2D eigenvalue weighted by Gasteiger charge is 2.19. The first-order valence-electron chi connectivity index (χ1n) is 7.09. The van der Waals surface area contributed by atoms with E-state index in [1.165, 1.54) is 0 Å². The molecule has 0 aliphatic heterocycles. The van der Waals surface area contributed by atoms with Gasteiger partial charge in [-0.15, -0.1) is 0 Å². The molecule has 0 aliphatic carbocycles. The van der Waals surface area contributed by atoms with Crippen molar-refractivity contribution >= 4 is 23.3 Å². The number of nitrogens with one attached hydrogen (secondary N) is 1. The number of anilines is 1. The van der Waals surface area contributed by atoms with E-state index in [-0.39, 0.29) is 17.1 Å². The van der Waals surface area contributed by atoms with Gasteiger partial charge in [0.15, 0.2) is 0 Å². The Hall–Kier alpha value is -1.80. The molecule has 5 nitrogen and oxygen atoms in total. The molecule has 1 amide bonds. The minimum atomic E-state index is -0.135. The second-order valence-corrected chi connectivity index (χ2v) is 5.38. The number of nitrogens with zero attached hydrogens (tertiary/aromatic N) is 3. The van der Waals surface area contributed by atoms with Crippen LogP contribution in [0, 0.1) is 11.3 Å². The number of amides is 1. The molecule has 0 unspecified atom stereocenters. The number of carbonyl (C=O) groups is 1. The molecule has 1 aromatic rings. The third kappa shape index (κ3) is 5.24. The molecule has 21 heavy (non-hydrogen) atoms. The number of nitriles is 1. The first-order valence-corrected chi connectivity index (χ1v) is 7.46. The van der Waals surface area contributed by atoms with Crippen LogP contribution in [0.3, 0.4) is 0 Å². The lowest BCUT2D eigenvalue weighted by atomic mass is 10.2. The number of carbonyl (C=O) groups excluding carboxylic acids is 1. The van der Waals surface area contributed by atoms with Crippen LogP contribution in [0.1, 0.15) is 44.0 Å². The summed E-state index contributed by atoms with van der Waals surface area (Å²) < 4.78 is 0. The van der Waals surface area contributed by atoms with Crippen LogP contribution >= 0.6 is 11.6 Å². The molecule has 1 aromatic heterocycles. The largest absolute Gasteiger partial charge is 0.370 e. The highest BCUT2D eigenvalue weighted by atomic mass is 35.5. The van der Waals surface area contributed by atoms with Crippen LogP contribution in [0.25, 0.3) is 0 Å². The van der Waals surface area contributed by atoms with Crippen LogP contribution in [0.2, 0.25) is 5.15 Å². The molecule has 114 valence electrons. The van der Waals surface area contributed by atoms with Crippen molar-refractivity contribution in [3.05, 3.63) is 22.8 Å². The summed E-state index contributed by atoms with van der Waals surface area (Å²) in [5.41, 5.74) is 0.486. The fourth-order valence-electron chi connectivity index (χ4n) is 1.89. The summed E-state index contributed by atoms with van der Waals surface area (Å²) in [4.78, 5) is 18.4. The fraction of sp³-hybridized carbons (Fsp3) is 0.533. The van der Waals surface area contributed by atoms with Gasteiger partial charge < -0.3 is 10.2 Å². The molecular formula is C15H21ClN4O. The van der Waals surface area contributed by atoms with Crippen LogP contribution in [-0.4, -0.2) is 34.9 Å². The summed E-state index contributed by atoms with van der Waals surface area (Å²) in [7, 11) is 0. The molecule has 0 atom stereocenters. The molecule has 0 saturated heterocycles. The van der Waals surface area contributed by atoms with E-state index < -0.39 is 0 Å². The summed E-state index contributed by atoms with van der Waals surface area (Å²) in [6.07, 6.45) is 1.27. The van der Waals surface area contributed by atoms with Crippen LogP contribution in [0.5, 0.6) is 0 Å². The van der Waals surface area contributed by atoms with E-state index in [2.05, 4.69) is 16.4 Å². The summed E-state index contributed by atoms with van der Waals surface area (Å²) in [5.74, 6) is 0.459. The molecular weight excluding hydrogens is 288 g/mol. The van der Waals surface area contributed by atoms with Gasteiger partial charge in [0.1, 0.15) is 11.0 Å². The van der Waals surface area contributed by atoms with Crippen molar-refractivity contribution in [3.8, 4) is 6.07 Å². The number of pyridine rings is 1. The monoisotopic (exact) mass is 308 g/mol. The van der Waals surface area contributed by atoms with Gasteiger partial charge >= 0.3 is 0 Å². The van der Waals surface area contributed by atoms with Crippen molar-refractivity contribution in [1.82, 2.24) is 9.88 Å². The Morgan fingerprint density at radius 1 is 1.52 bits per heavy atom. The highest BCUT2D eigenvalue weighted by molar-refractivity contribution is 6.29. The van der Waals surface area contributed by atoms with Crippen molar-refractivity contribution in [2.75, 3.05) is 18.4 Å². The van der Waals surface area contributed by atoms with E-state index in [4.69, 9.17) is 16.9 Å². The average Bonchev–Trinajstić information content (AvgIpc) is 2.44. The van der Waals surface area contributed by atoms with Crippen molar-refractivity contribution in [1.29, 1.82) is 5.26 Å². The fourth-order valence-corrected chi connectivity index (χ4v) is 2.10. The lowest BCUT2D eigenvalue weighted by molar-refractivity contribution is 0.0710. The third-order valence-electron chi connectivity index (χ3n) is 2.95. The van der Waals surface area contributed by atoms with Crippen molar-refractivity contribution in [2.45, 2.75) is 39.7 Å². The van der Waals surface area contributed by atoms with Gasteiger partial charge in [0.2, 0.25) is 0 Å². The Balaban J connectivity index is 2.98. The van der Waals surface area contributed by atoms with Gasteiger partial charge in [-0.25, -0.2) is 4.98 Å². The van der Waals surface area contributed by atoms with Gasteiger partial charge in [-0.05, 0) is 32.4 Å². The van der Waals surface area contributed by atoms with Gasteiger partial charge in [0.05, 0.1) is 12.5 Å². The lowest BCUT2D eigenvalue weighted by Crippen LogP contribution is -2.37. The summed E-state index contributed by atoms with van der Waals surface area (Å²) >= 11 is 5.99. The van der Waals surface area contributed by atoms with E-state index in [1.807, 2.05) is 20.8 Å². The summed E-state index contributed by atoms with van der Waals surface area (Å²) in [6.45, 7) is 7.07. The SMILES string of the molecule is CCCNc1cc(C(=O)N(CCC#N)C(C)C)cc(Cl)n1. The number of hydrogen-bond donors (Lipinski definition) is 1. The maximum absolute atomic E-state index is 12.6. The first kappa shape index (κ1) is 17.3. The predicted octanol–water partition coefficient (Wildman–Crippen LogP) is 3.32. The Kier molecular flexibility index (Phi) is 6.97. The molecule has 0 bridgehead atoms. The Morgan fingerprint density at radius 3 is 2.81 bits per heavy atom. The zero-order valence-corrected chi connectivity index (χ0v) is 13.4. The maximum atomic E-state index is 12.6. The van der Waals surface area contributed by atoms with Crippen LogP contribution in [0.15, 0.2) is 12.1 Å².